The van der Waals surface area contributed by atoms with E-state index in [2.05, 4.69) is 6.92 Å². The molecule has 0 saturated carbocycles. The summed E-state index contributed by atoms with van der Waals surface area (Å²) in [5.74, 6) is 0.591. The van der Waals surface area contributed by atoms with Crippen molar-refractivity contribution in [2.75, 3.05) is 6.61 Å². The normalized spacial score (nSPS) is 9.94. The minimum Gasteiger partial charge on any atom is -0.494 e. The first-order chi connectivity index (χ1) is 8.30. The van der Waals surface area contributed by atoms with Crippen molar-refractivity contribution in [3.63, 3.8) is 0 Å². The van der Waals surface area contributed by atoms with E-state index in [0.717, 1.165) is 25.4 Å². The first kappa shape index (κ1) is 13.4. The van der Waals surface area contributed by atoms with Gasteiger partial charge in [0, 0.05) is 11.1 Å². The molecule has 3 heteroatoms. The summed E-state index contributed by atoms with van der Waals surface area (Å²) in [7, 11) is 0. The Balaban J connectivity index is 2.52. The van der Waals surface area contributed by atoms with Gasteiger partial charge in [-0.1, -0.05) is 26.2 Å². The zero-order valence-corrected chi connectivity index (χ0v) is 10.1. The van der Waals surface area contributed by atoms with E-state index in [1.165, 1.54) is 12.8 Å². The average Bonchev–Trinajstić information content (AvgIpc) is 2.38. The second-order valence-electron chi connectivity index (χ2n) is 3.98. The maximum Gasteiger partial charge on any atom is 0.150 e. The van der Waals surface area contributed by atoms with Crippen LogP contribution in [0.1, 0.15) is 53.3 Å². The molecule has 0 aromatic heterocycles. The van der Waals surface area contributed by atoms with Gasteiger partial charge >= 0.3 is 0 Å². The fourth-order valence-electron chi connectivity index (χ4n) is 1.58. The summed E-state index contributed by atoms with van der Waals surface area (Å²) in [5.41, 5.74) is 0.941. The van der Waals surface area contributed by atoms with Gasteiger partial charge in [0.1, 0.15) is 18.3 Å². The van der Waals surface area contributed by atoms with Crippen LogP contribution in [0.4, 0.5) is 0 Å². The highest BCUT2D eigenvalue weighted by molar-refractivity contribution is 5.83. The Morgan fingerprint density at radius 2 is 1.65 bits per heavy atom. The van der Waals surface area contributed by atoms with Crippen molar-refractivity contribution < 1.29 is 14.3 Å². The highest BCUT2D eigenvalue weighted by Gasteiger charge is 2.01. The van der Waals surface area contributed by atoms with Crippen molar-refractivity contribution in [3.8, 4) is 5.75 Å². The molecule has 0 saturated heterocycles. The summed E-state index contributed by atoms with van der Waals surface area (Å²) in [6.45, 7) is 2.78. The van der Waals surface area contributed by atoms with Gasteiger partial charge in [0.25, 0.3) is 0 Å². The van der Waals surface area contributed by atoms with Crippen molar-refractivity contribution in [2.24, 2.45) is 0 Å². The predicted octanol–water partition coefficient (Wildman–Crippen LogP) is 3.27. The molecule has 1 rings (SSSR count). The highest BCUT2D eigenvalue weighted by atomic mass is 16.5. The van der Waals surface area contributed by atoms with Crippen LogP contribution in [0.15, 0.2) is 18.2 Å². The largest absolute Gasteiger partial charge is 0.494 e. The van der Waals surface area contributed by atoms with Crippen molar-refractivity contribution in [1.82, 2.24) is 0 Å². The molecule has 0 heterocycles. The average molecular weight is 234 g/mol. The van der Waals surface area contributed by atoms with Gasteiger partial charge in [-0.2, -0.15) is 0 Å². The smallest absolute Gasteiger partial charge is 0.150 e. The minimum atomic E-state index is 0.471. The molecule has 0 unspecified atom stereocenters. The Hall–Kier alpha value is -1.64. The molecule has 92 valence electrons. The van der Waals surface area contributed by atoms with Crippen LogP contribution in [0.5, 0.6) is 5.75 Å². The maximum atomic E-state index is 10.7. The molecule has 0 amide bonds. The van der Waals surface area contributed by atoms with E-state index in [1.807, 2.05) is 0 Å². The number of carbonyl (C=O) groups excluding carboxylic acids is 2. The van der Waals surface area contributed by atoms with Crippen molar-refractivity contribution in [2.45, 2.75) is 32.6 Å². The summed E-state index contributed by atoms with van der Waals surface area (Å²) in [6, 6.07) is 4.85. The third kappa shape index (κ3) is 4.81. The lowest BCUT2D eigenvalue weighted by atomic mass is 10.1. The maximum absolute atomic E-state index is 10.7. The lowest BCUT2D eigenvalue weighted by molar-refractivity contribution is 0.112. The summed E-state index contributed by atoms with van der Waals surface area (Å²) in [5, 5.41) is 0. The number of benzene rings is 1. The molecule has 1 aromatic rings. The molecule has 0 fully saturated rings. The quantitative estimate of drug-likeness (QED) is 0.512. The van der Waals surface area contributed by atoms with Gasteiger partial charge in [-0.25, -0.2) is 0 Å². The zero-order chi connectivity index (χ0) is 12.5. The summed E-state index contributed by atoms with van der Waals surface area (Å²) in [4.78, 5) is 21.3. The Morgan fingerprint density at radius 1 is 1.00 bits per heavy atom. The second-order valence-corrected chi connectivity index (χ2v) is 3.98. The van der Waals surface area contributed by atoms with Gasteiger partial charge in [-0.15, -0.1) is 0 Å². The third-order valence-electron chi connectivity index (χ3n) is 2.49. The number of aldehydes is 2. The molecule has 0 bridgehead atoms. The monoisotopic (exact) mass is 234 g/mol. The van der Waals surface area contributed by atoms with E-state index in [1.54, 1.807) is 18.2 Å². The Morgan fingerprint density at radius 3 is 2.18 bits per heavy atom. The van der Waals surface area contributed by atoms with Crippen LogP contribution in [-0.4, -0.2) is 19.2 Å². The zero-order valence-electron chi connectivity index (χ0n) is 10.1. The van der Waals surface area contributed by atoms with Gasteiger partial charge in [-0.05, 0) is 24.6 Å². The number of carbonyl (C=O) groups is 2. The highest BCUT2D eigenvalue weighted by Crippen LogP contribution is 2.16. The molecular formula is C14H18O3. The van der Waals surface area contributed by atoms with Crippen LogP contribution in [0.25, 0.3) is 0 Å². The first-order valence-corrected chi connectivity index (χ1v) is 5.98. The Bertz CT molecular complexity index is 345. The molecule has 17 heavy (non-hydrogen) atoms. The Kier molecular flexibility index (Phi) is 6.00. The molecule has 0 N–H and O–H groups in total. The van der Waals surface area contributed by atoms with Crippen molar-refractivity contribution >= 4 is 12.6 Å². The van der Waals surface area contributed by atoms with E-state index in [0.29, 0.717) is 23.5 Å². The van der Waals surface area contributed by atoms with Gasteiger partial charge in [-0.3, -0.25) is 9.59 Å². The van der Waals surface area contributed by atoms with Crippen LogP contribution in [0, 0.1) is 0 Å². The van der Waals surface area contributed by atoms with Crippen LogP contribution in [0.3, 0.4) is 0 Å². The molecule has 0 radical (unpaired) electrons. The van der Waals surface area contributed by atoms with Gasteiger partial charge < -0.3 is 4.74 Å². The van der Waals surface area contributed by atoms with Gasteiger partial charge in [0.2, 0.25) is 0 Å². The standard InChI is InChI=1S/C14H18O3/c1-2-3-4-5-6-17-14-8-12(10-15)7-13(9-14)11-16/h7-11H,2-6H2,1H3. The van der Waals surface area contributed by atoms with E-state index < -0.39 is 0 Å². The molecule has 0 aliphatic heterocycles. The van der Waals surface area contributed by atoms with Crippen molar-refractivity contribution in [3.05, 3.63) is 29.3 Å². The molecule has 0 aliphatic rings. The molecular weight excluding hydrogens is 216 g/mol. The first-order valence-electron chi connectivity index (χ1n) is 5.98. The lowest BCUT2D eigenvalue weighted by Gasteiger charge is -2.07. The molecule has 0 atom stereocenters. The summed E-state index contributed by atoms with van der Waals surface area (Å²) >= 11 is 0. The number of ether oxygens (including phenoxy) is 1. The number of unbranched alkanes of at least 4 members (excludes halogenated alkanes) is 3. The predicted molar refractivity (Wildman–Crippen MR) is 66.9 cm³/mol. The number of hydrogen-bond donors (Lipinski definition) is 0. The fraction of sp³-hybridized carbons (Fsp3) is 0.429. The molecule has 3 nitrogen and oxygen atoms in total. The van der Waals surface area contributed by atoms with Crippen LogP contribution >= 0.6 is 0 Å². The lowest BCUT2D eigenvalue weighted by Crippen LogP contribution is -1.99. The van der Waals surface area contributed by atoms with E-state index in [4.69, 9.17) is 4.74 Å². The SMILES string of the molecule is CCCCCCOc1cc(C=O)cc(C=O)c1. The van der Waals surface area contributed by atoms with Crippen LogP contribution in [-0.2, 0) is 0 Å². The molecule has 1 aromatic carbocycles. The van der Waals surface area contributed by atoms with E-state index >= 15 is 0 Å². The second kappa shape index (κ2) is 7.60. The number of hydrogen-bond acceptors (Lipinski definition) is 3. The van der Waals surface area contributed by atoms with Crippen LogP contribution < -0.4 is 4.74 Å². The Labute approximate surface area is 102 Å². The third-order valence-corrected chi connectivity index (χ3v) is 2.49. The molecule has 0 aliphatic carbocycles. The topological polar surface area (TPSA) is 43.4 Å². The number of rotatable bonds is 8. The van der Waals surface area contributed by atoms with Crippen molar-refractivity contribution in [1.29, 1.82) is 0 Å². The van der Waals surface area contributed by atoms with Gasteiger partial charge in [0.05, 0.1) is 6.61 Å². The fourth-order valence-corrected chi connectivity index (χ4v) is 1.58. The minimum absolute atomic E-state index is 0.471. The van der Waals surface area contributed by atoms with E-state index in [9.17, 15) is 9.59 Å². The molecule has 0 spiro atoms. The van der Waals surface area contributed by atoms with Crippen LogP contribution in [0.2, 0.25) is 0 Å². The van der Waals surface area contributed by atoms with Gasteiger partial charge in [0.15, 0.2) is 0 Å². The summed E-state index contributed by atoms with van der Waals surface area (Å²) < 4.78 is 5.52. The van der Waals surface area contributed by atoms with E-state index in [-0.39, 0.29) is 0 Å². The summed E-state index contributed by atoms with van der Waals surface area (Å²) in [6.07, 6.45) is 5.97.